The summed E-state index contributed by atoms with van der Waals surface area (Å²) in [5.41, 5.74) is 0.0196. The molecule has 0 aliphatic carbocycles. The predicted octanol–water partition coefficient (Wildman–Crippen LogP) is 3.79. The van der Waals surface area contributed by atoms with Crippen LogP contribution in [-0.4, -0.2) is 24.0 Å². The van der Waals surface area contributed by atoms with Gasteiger partial charge in [-0.25, -0.2) is 0 Å². The van der Waals surface area contributed by atoms with E-state index in [2.05, 4.69) is 11.8 Å². The fourth-order valence-corrected chi connectivity index (χ4v) is 1.79. The summed E-state index contributed by atoms with van der Waals surface area (Å²) >= 11 is 0. The zero-order valence-corrected chi connectivity index (χ0v) is 12.9. The summed E-state index contributed by atoms with van der Waals surface area (Å²) in [5, 5.41) is 9.85. The molecule has 2 atom stereocenters. The van der Waals surface area contributed by atoms with Crippen molar-refractivity contribution >= 4 is 0 Å². The molecule has 1 rings (SSSR count). The Hall–Kier alpha value is -1.51. The molecule has 0 radical (unpaired) electrons. The minimum absolute atomic E-state index is 0.113. The Bertz CT molecular complexity index is 507. The van der Waals surface area contributed by atoms with E-state index in [4.69, 9.17) is 4.74 Å². The molecule has 2 nitrogen and oxygen atoms in total. The molecule has 0 unspecified atom stereocenters. The van der Waals surface area contributed by atoms with Crippen LogP contribution in [0.4, 0.5) is 13.2 Å². The van der Waals surface area contributed by atoms with Crippen molar-refractivity contribution in [1.29, 1.82) is 0 Å². The van der Waals surface area contributed by atoms with Gasteiger partial charge in [-0.2, -0.15) is 13.2 Å². The first-order valence-electron chi connectivity index (χ1n) is 6.97. The Balaban J connectivity index is 2.61. The number of aliphatic hydroxyl groups excluding tert-OH is 1. The fourth-order valence-electron chi connectivity index (χ4n) is 1.79. The van der Waals surface area contributed by atoms with Gasteiger partial charge < -0.3 is 9.84 Å². The van der Waals surface area contributed by atoms with Gasteiger partial charge in [0.2, 0.25) is 0 Å². The standard InChI is InChI=1S/C17H21F3O2/c1-16(2,3)15(21)14(17(18,19)20)10-7-11-22-12-13-8-5-4-6-9-13/h4-6,8-9,14-15,21H,11-12H2,1-3H3/t14-,15-/m1/s1. The Labute approximate surface area is 129 Å². The first-order valence-corrected chi connectivity index (χ1v) is 6.97. The number of aliphatic hydroxyl groups is 1. The Morgan fingerprint density at radius 3 is 2.23 bits per heavy atom. The molecule has 1 N–H and O–H groups in total. The van der Waals surface area contributed by atoms with E-state index in [-0.39, 0.29) is 13.2 Å². The molecule has 122 valence electrons. The van der Waals surface area contributed by atoms with Crippen molar-refractivity contribution in [3.8, 4) is 11.8 Å². The fraction of sp³-hybridized carbons (Fsp3) is 0.529. The SMILES string of the molecule is CC(C)(C)[C@H](O)[C@@H](C#CCOCc1ccccc1)C(F)(F)F. The van der Waals surface area contributed by atoms with Gasteiger partial charge >= 0.3 is 6.18 Å². The molecule has 0 spiro atoms. The van der Waals surface area contributed by atoms with Crippen LogP contribution in [-0.2, 0) is 11.3 Å². The number of halogens is 3. The van der Waals surface area contributed by atoms with Crippen molar-refractivity contribution in [3.63, 3.8) is 0 Å². The first-order chi connectivity index (χ1) is 10.1. The van der Waals surface area contributed by atoms with E-state index in [1.165, 1.54) is 0 Å². The van der Waals surface area contributed by atoms with E-state index in [0.29, 0.717) is 0 Å². The summed E-state index contributed by atoms with van der Waals surface area (Å²) in [5.74, 6) is 2.39. The Morgan fingerprint density at radius 2 is 1.73 bits per heavy atom. The van der Waals surface area contributed by atoms with Crippen LogP contribution in [0.1, 0.15) is 26.3 Å². The van der Waals surface area contributed by atoms with Crippen molar-refractivity contribution in [2.45, 2.75) is 39.7 Å². The van der Waals surface area contributed by atoms with Crippen molar-refractivity contribution in [2.24, 2.45) is 11.3 Å². The molecular weight excluding hydrogens is 293 g/mol. The van der Waals surface area contributed by atoms with Crippen LogP contribution < -0.4 is 0 Å². The molecule has 0 amide bonds. The van der Waals surface area contributed by atoms with Crippen LogP contribution in [0.25, 0.3) is 0 Å². The molecule has 0 saturated heterocycles. The molecule has 5 heteroatoms. The third-order valence-electron chi connectivity index (χ3n) is 3.10. The summed E-state index contributed by atoms with van der Waals surface area (Å²) in [6, 6.07) is 9.28. The average molecular weight is 314 g/mol. The largest absolute Gasteiger partial charge is 0.404 e. The van der Waals surface area contributed by atoms with Gasteiger partial charge in [0.1, 0.15) is 12.5 Å². The highest BCUT2D eigenvalue weighted by atomic mass is 19.4. The second kappa shape index (κ2) is 7.66. The summed E-state index contributed by atoms with van der Waals surface area (Å²) in [7, 11) is 0. The maximum absolute atomic E-state index is 13.0. The highest BCUT2D eigenvalue weighted by Crippen LogP contribution is 2.35. The van der Waals surface area contributed by atoms with Crippen molar-refractivity contribution in [2.75, 3.05) is 6.61 Å². The summed E-state index contributed by atoms with van der Waals surface area (Å²) in [6.45, 7) is 4.81. The van der Waals surface area contributed by atoms with Gasteiger partial charge in [0.05, 0.1) is 12.7 Å². The van der Waals surface area contributed by atoms with Crippen LogP contribution >= 0.6 is 0 Å². The number of rotatable bonds is 4. The number of alkyl halides is 3. The molecule has 0 saturated carbocycles. The molecule has 0 aromatic heterocycles. The highest BCUT2D eigenvalue weighted by molar-refractivity contribution is 5.14. The molecular formula is C17H21F3O2. The lowest BCUT2D eigenvalue weighted by Crippen LogP contribution is -2.41. The van der Waals surface area contributed by atoms with E-state index in [9.17, 15) is 18.3 Å². The number of hydrogen-bond donors (Lipinski definition) is 1. The number of ether oxygens (including phenoxy) is 1. The molecule has 0 bridgehead atoms. The van der Waals surface area contributed by atoms with Crippen LogP contribution in [0.3, 0.4) is 0 Å². The van der Waals surface area contributed by atoms with Gasteiger partial charge in [0.25, 0.3) is 0 Å². The lowest BCUT2D eigenvalue weighted by Gasteiger charge is -2.31. The maximum atomic E-state index is 13.0. The quantitative estimate of drug-likeness (QED) is 0.677. The third kappa shape index (κ3) is 6.08. The van der Waals surface area contributed by atoms with Crippen molar-refractivity contribution in [3.05, 3.63) is 35.9 Å². The Kier molecular flexibility index (Phi) is 6.46. The lowest BCUT2D eigenvalue weighted by molar-refractivity contribution is -0.194. The summed E-state index contributed by atoms with van der Waals surface area (Å²) in [4.78, 5) is 0. The van der Waals surface area contributed by atoms with E-state index in [1.54, 1.807) is 20.8 Å². The van der Waals surface area contributed by atoms with Crippen molar-refractivity contribution < 1.29 is 23.0 Å². The summed E-state index contributed by atoms with van der Waals surface area (Å²) in [6.07, 6.45) is -6.16. The third-order valence-corrected chi connectivity index (χ3v) is 3.10. The molecule has 0 heterocycles. The predicted molar refractivity (Wildman–Crippen MR) is 78.9 cm³/mol. The minimum atomic E-state index is -4.57. The minimum Gasteiger partial charge on any atom is -0.391 e. The van der Waals surface area contributed by atoms with Crippen LogP contribution in [0, 0.1) is 23.2 Å². The lowest BCUT2D eigenvalue weighted by atomic mass is 9.81. The number of hydrogen-bond acceptors (Lipinski definition) is 2. The molecule has 0 fully saturated rings. The zero-order valence-electron chi connectivity index (χ0n) is 12.9. The van der Waals surface area contributed by atoms with E-state index < -0.39 is 23.6 Å². The van der Waals surface area contributed by atoms with Crippen molar-refractivity contribution in [1.82, 2.24) is 0 Å². The van der Waals surface area contributed by atoms with Gasteiger partial charge in [0.15, 0.2) is 0 Å². The summed E-state index contributed by atoms with van der Waals surface area (Å²) < 4.78 is 44.1. The monoisotopic (exact) mass is 314 g/mol. The van der Waals surface area contributed by atoms with Gasteiger partial charge in [-0.15, -0.1) is 0 Å². The second-order valence-corrected chi connectivity index (χ2v) is 6.13. The van der Waals surface area contributed by atoms with Crippen LogP contribution in [0.15, 0.2) is 30.3 Å². The van der Waals surface area contributed by atoms with E-state index in [1.807, 2.05) is 30.3 Å². The van der Waals surface area contributed by atoms with E-state index in [0.717, 1.165) is 5.56 Å². The molecule has 1 aromatic rings. The zero-order chi connectivity index (χ0) is 16.8. The first kappa shape index (κ1) is 18.5. The maximum Gasteiger partial charge on any atom is 0.404 e. The highest BCUT2D eigenvalue weighted by Gasteiger charge is 2.47. The van der Waals surface area contributed by atoms with Crippen LogP contribution in [0.5, 0.6) is 0 Å². The molecule has 0 aliphatic rings. The molecule has 22 heavy (non-hydrogen) atoms. The average Bonchev–Trinajstić information content (AvgIpc) is 2.41. The van der Waals surface area contributed by atoms with Gasteiger partial charge in [0, 0.05) is 0 Å². The van der Waals surface area contributed by atoms with Gasteiger partial charge in [-0.05, 0) is 11.0 Å². The smallest absolute Gasteiger partial charge is 0.391 e. The second-order valence-electron chi connectivity index (χ2n) is 6.13. The van der Waals surface area contributed by atoms with Crippen LogP contribution in [0.2, 0.25) is 0 Å². The Morgan fingerprint density at radius 1 is 1.14 bits per heavy atom. The van der Waals surface area contributed by atoms with Gasteiger partial charge in [-0.1, -0.05) is 62.9 Å². The normalized spacial score (nSPS) is 14.9. The topological polar surface area (TPSA) is 29.5 Å². The van der Waals surface area contributed by atoms with E-state index >= 15 is 0 Å². The van der Waals surface area contributed by atoms with Gasteiger partial charge in [-0.3, -0.25) is 0 Å². The molecule has 0 aliphatic heterocycles. The number of benzene rings is 1. The molecule has 1 aromatic carbocycles.